The number of aryl methyl sites for hydroxylation is 1. The molecule has 1 fully saturated rings. The van der Waals surface area contributed by atoms with Crippen LogP contribution in [-0.4, -0.2) is 34.3 Å². The fourth-order valence-corrected chi connectivity index (χ4v) is 3.73. The smallest absolute Gasteiger partial charge is 0.270 e. The van der Waals surface area contributed by atoms with Crippen LogP contribution in [0.2, 0.25) is 0 Å². The van der Waals surface area contributed by atoms with Crippen LogP contribution in [0.4, 0.5) is 5.69 Å². The van der Waals surface area contributed by atoms with Gasteiger partial charge in [0.15, 0.2) is 0 Å². The molecule has 0 spiro atoms. The Morgan fingerprint density at radius 2 is 1.82 bits per heavy atom. The van der Waals surface area contributed by atoms with E-state index in [1.54, 1.807) is 23.2 Å². The molecule has 142 valence electrons. The van der Waals surface area contributed by atoms with Crippen LogP contribution in [0, 0.1) is 6.92 Å². The Labute approximate surface area is 164 Å². The molecule has 3 aromatic rings. The van der Waals surface area contributed by atoms with Gasteiger partial charge in [-0.1, -0.05) is 42.0 Å². The highest BCUT2D eigenvalue weighted by molar-refractivity contribution is 6.01. The van der Waals surface area contributed by atoms with E-state index in [4.69, 9.17) is 0 Å². The lowest BCUT2D eigenvalue weighted by Crippen LogP contribution is -2.43. The van der Waals surface area contributed by atoms with E-state index < -0.39 is 6.04 Å². The standard InChI is InChI=1S/C23H23N3O2/c1-16-6-2-7-17(14-16)18-8-3-9-19(15-18)25-22(27)21-11-5-13-26(21)23(28)20-10-4-12-24-20/h2-4,6-10,12,14-15,21,24H,5,11,13H2,1H3,(H,25,27)/t21-/m0/s1. The minimum atomic E-state index is -0.446. The summed E-state index contributed by atoms with van der Waals surface area (Å²) in [5, 5.41) is 3.00. The maximum Gasteiger partial charge on any atom is 0.270 e. The van der Waals surface area contributed by atoms with Gasteiger partial charge in [-0.25, -0.2) is 0 Å². The van der Waals surface area contributed by atoms with Gasteiger partial charge in [-0.05, 0) is 55.2 Å². The number of anilines is 1. The zero-order chi connectivity index (χ0) is 19.5. The lowest BCUT2D eigenvalue weighted by Gasteiger charge is -2.23. The molecular weight excluding hydrogens is 350 g/mol. The number of carbonyl (C=O) groups excluding carboxylic acids is 2. The number of nitrogens with zero attached hydrogens (tertiary/aromatic N) is 1. The summed E-state index contributed by atoms with van der Waals surface area (Å²) in [6.07, 6.45) is 3.22. The van der Waals surface area contributed by atoms with Gasteiger partial charge in [0, 0.05) is 18.4 Å². The SMILES string of the molecule is Cc1cccc(-c2cccc(NC(=O)[C@@H]3CCCN3C(=O)c3ccc[nH]3)c2)c1. The van der Waals surface area contributed by atoms with Crippen LogP contribution in [-0.2, 0) is 4.79 Å². The zero-order valence-electron chi connectivity index (χ0n) is 15.8. The highest BCUT2D eigenvalue weighted by Gasteiger charge is 2.34. The normalized spacial score (nSPS) is 16.2. The van der Waals surface area contributed by atoms with Gasteiger partial charge in [0.05, 0.1) is 0 Å². The van der Waals surface area contributed by atoms with Crippen molar-refractivity contribution >= 4 is 17.5 Å². The van der Waals surface area contributed by atoms with Crippen LogP contribution < -0.4 is 5.32 Å². The first kappa shape index (κ1) is 18.0. The maximum absolute atomic E-state index is 12.9. The van der Waals surface area contributed by atoms with Gasteiger partial charge >= 0.3 is 0 Å². The zero-order valence-corrected chi connectivity index (χ0v) is 15.8. The van der Waals surface area contributed by atoms with Crippen molar-refractivity contribution in [2.24, 2.45) is 0 Å². The topological polar surface area (TPSA) is 65.2 Å². The number of hydrogen-bond acceptors (Lipinski definition) is 2. The summed E-state index contributed by atoms with van der Waals surface area (Å²) >= 11 is 0. The van der Waals surface area contributed by atoms with Crippen LogP contribution >= 0.6 is 0 Å². The van der Waals surface area contributed by atoms with Crippen LogP contribution in [0.25, 0.3) is 11.1 Å². The van der Waals surface area contributed by atoms with Crippen molar-refractivity contribution in [1.29, 1.82) is 0 Å². The maximum atomic E-state index is 12.9. The monoisotopic (exact) mass is 373 g/mol. The van der Waals surface area contributed by atoms with Crippen molar-refractivity contribution in [2.45, 2.75) is 25.8 Å². The highest BCUT2D eigenvalue weighted by Crippen LogP contribution is 2.25. The minimum Gasteiger partial charge on any atom is -0.357 e. The third-order valence-electron chi connectivity index (χ3n) is 5.13. The number of likely N-dealkylation sites (tertiary alicyclic amines) is 1. The quantitative estimate of drug-likeness (QED) is 0.719. The molecule has 0 radical (unpaired) electrons. The number of amides is 2. The molecule has 1 atom stereocenters. The fraction of sp³-hybridized carbons (Fsp3) is 0.217. The molecular formula is C23H23N3O2. The predicted octanol–water partition coefficient (Wildman–Crippen LogP) is 4.23. The van der Waals surface area contributed by atoms with Crippen molar-refractivity contribution in [1.82, 2.24) is 9.88 Å². The summed E-state index contributed by atoms with van der Waals surface area (Å²) in [4.78, 5) is 30.1. The number of H-pyrrole nitrogens is 1. The van der Waals surface area contributed by atoms with Crippen LogP contribution in [0.3, 0.4) is 0 Å². The number of aromatic amines is 1. The van der Waals surface area contributed by atoms with Crippen molar-refractivity contribution in [2.75, 3.05) is 11.9 Å². The number of aromatic nitrogens is 1. The summed E-state index contributed by atoms with van der Waals surface area (Å²) in [6, 6.07) is 19.2. The fourth-order valence-electron chi connectivity index (χ4n) is 3.73. The molecule has 2 N–H and O–H groups in total. The molecule has 4 rings (SSSR count). The molecule has 2 heterocycles. The van der Waals surface area contributed by atoms with E-state index in [1.165, 1.54) is 5.56 Å². The molecule has 0 aliphatic carbocycles. The number of hydrogen-bond donors (Lipinski definition) is 2. The Morgan fingerprint density at radius 1 is 1.04 bits per heavy atom. The second-order valence-electron chi connectivity index (χ2n) is 7.18. The Morgan fingerprint density at radius 3 is 2.57 bits per heavy atom. The first-order chi connectivity index (χ1) is 13.6. The first-order valence-electron chi connectivity index (χ1n) is 9.54. The largest absolute Gasteiger partial charge is 0.357 e. The van der Waals surface area contributed by atoms with Crippen LogP contribution in [0.15, 0.2) is 66.9 Å². The van der Waals surface area contributed by atoms with E-state index >= 15 is 0 Å². The van der Waals surface area contributed by atoms with Crippen molar-refractivity contribution < 1.29 is 9.59 Å². The summed E-state index contributed by atoms with van der Waals surface area (Å²) in [7, 11) is 0. The van der Waals surface area contributed by atoms with Crippen molar-refractivity contribution in [3.63, 3.8) is 0 Å². The van der Waals surface area contributed by atoms with Gasteiger partial charge < -0.3 is 15.2 Å². The van der Waals surface area contributed by atoms with E-state index in [1.807, 2.05) is 30.3 Å². The summed E-state index contributed by atoms with van der Waals surface area (Å²) in [5.74, 6) is -0.269. The molecule has 1 aliphatic heterocycles. The first-order valence-corrected chi connectivity index (χ1v) is 9.54. The van der Waals surface area contributed by atoms with Gasteiger partial charge in [0.2, 0.25) is 5.91 Å². The number of nitrogens with one attached hydrogen (secondary N) is 2. The molecule has 1 saturated heterocycles. The lowest BCUT2D eigenvalue weighted by molar-refractivity contribution is -0.119. The summed E-state index contributed by atoms with van der Waals surface area (Å²) < 4.78 is 0. The van der Waals surface area contributed by atoms with Gasteiger partial charge in [-0.3, -0.25) is 9.59 Å². The van der Waals surface area contributed by atoms with Gasteiger partial charge in [-0.2, -0.15) is 0 Å². The molecule has 5 heteroatoms. The van der Waals surface area contributed by atoms with Crippen LogP contribution in [0.1, 0.15) is 28.9 Å². The van der Waals surface area contributed by atoms with E-state index in [0.717, 1.165) is 23.2 Å². The van der Waals surface area contributed by atoms with Gasteiger partial charge in [0.1, 0.15) is 11.7 Å². The van der Waals surface area contributed by atoms with Gasteiger partial charge in [-0.15, -0.1) is 0 Å². The van der Waals surface area contributed by atoms with Crippen LogP contribution in [0.5, 0.6) is 0 Å². The lowest BCUT2D eigenvalue weighted by atomic mass is 10.0. The highest BCUT2D eigenvalue weighted by atomic mass is 16.2. The average molecular weight is 373 g/mol. The molecule has 0 saturated carbocycles. The Balaban J connectivity index is 1.50. The Hall–Kier alpha value is -3.34. The Kier molecular flexibility index (Phi) is 4.98. The summed E-state index contributed by atoms with van der Waals surface area (Å²) in [6.45, 7) is 2.66. The van der Waals surface area contributed by atoms with Crippen molar-refractivity contribution in [3.05, 3.63) is 78.1 Å². The third kappa shape index (κ3) is 3.69. The second-order valence-corrected chi connectivity index (χ2v) is 7.18. The number of rotatable bonds is 4. The molecule has 1 aromatic heterocycles. The molecule has 0 bridgehead atoms. The van der Waals surface area contributed by atoms with E-state index in [0.29, 0.717) is 18.7 Å². The third-order valence-corrected chi connectivity index (χ3v) is 5.13. The second kappa shape index (κ2) is 7.72. The molecule has 1 aliphatic rings. The van der Waals surface area contributed by atoms with Crippen molar-refractivity contribution in [3.8, 4) is 11.1 Å². The van der Waals surface area contributed by atoms with E-state index in [9.17, 15) is 9.59 Å². The van der Waals surface area contributed by atoms with E-state index in [2.05, 4.69) is 35.4 Å². The molecule has 0 unspecified atom stereocenters. The van der Waals surface area contributed by atoms with E-state index in [-0.39, 0.29) is 11.8 Å². The predicted molar refractivity (Wildman–Crippen MR) is 110 cm³/mol. The molecule has 2 aromatic carbocycles. The van der Waals surface area contributed by atoms with Gasteiger partial charge in [0.25, 0.3) is 5.91 Å². The molecule has 2 amide bonds. The molecule has 28 heavy (non-hydrogen) atoms. The number of benzene rings is 2. The molecule has 5 nitrogen and oxygen atoms in total. The Bertz CT molecular complexity index is 995. The summed E-state index contributed by atoms with van der Waals surface area (Å²) in [5.41, 5.74) is 4.61. The average Bonchev–Trinajstić information content (AvgIpc) is 3.40. The number of carbonyl (C=O) groups is 2. The minimum absolute atomic E-state index is 0.129.